The van der Waals surface area contributed by atoms with E-state index in [9.17, 15) is 17.6 Å². The highest BCUT2D eigenvalue weighted by Gasteiger charge is 2.21. The molecule has 44 heavy (non-hydrogen) atoms. The van der Waals surface area contributed by atoms with Gasteiger partial charge in [0.15, 0.2) is 5.82 Å². The molecule has 3 N–H and O–H groups in total. The minimum absolute atomic E-state index is 0.0960. The Labute approximate surface area is 254 Å². The Morgan fingerprint density at radius 3 is 2.39 bits per heavy atom. The third-order valence-corrected chi connectivity index (χ3v) is 8.24. The Morgan fingerprint density at radius 2 is 1.64 bits per heavy atom. The molecule has 0 aromatic heterocycles. The minimum Gasteiger partial charge on any atom is -0.497 e. The van der Waals surface area contributed by atoms with Crippen molar-refractivity contribution < 1.29 is 27.1 Å². The van der Waals surface area contributed by atoms with Gasteiger partial charge in [0.25, 0.3) is 15.9 Å². The van der Waals surface area contributed by atoms with E-state index < -0.39 is 21.7 Å². The fraction of sp³-hybridized carbons (Fsp3) is 0.152. The predicted octanol–water partition coefficient (Wildman–Crippen LogP) is 4.86. The zero-order chi connectivity index (χ0) is 31.3. The van der Waals surface area contributed by atoms with Gasteiger partial charge in [-0.25, -0.2) is 17.8 Å². The number of halogens is 1. The zero-order valence-electron chi connectivity index (χ0n) is 24.3. The first kappa shape index (κ1) is 30.3. The molecular weight excluding hydrogens is 583 g/mol. The summed E-state index contributed by atoms with van der Waals surface area (Å²) in [6.45, 7) is 1.75. The first-order valence-electron chi connectivity index (χ1n) is 13.7. The molecule has 0 unspecified atom stereocenters. The number of carbonyl (C=O) groups is 1. The molecule has 11 heteroatoms. The lowest BCUT2D eigenvalue weighted by Gasteiger charge is -2.18. The molecule has 4 aromatic carbocycles. The number of ether oxygens (including phenoxy) is 2. The van der Waals surface area contributed by atoms with Crippen molar-refractivity contribution in [1.29, 1.82) is 0 Å². The van der Waals surface area contributed by atoms with Crippen LogP contribution >= 0.6 is 0 Å². The average Bonchev–Trinajstić information content (AvgIpc) is 3.01. The third-order valence-electron chi connectivity index (χ3n) is 6.85. The molecule has 9 nitrogen and oxygen atoms in total. The van der Waals surface area contributed by atoms with Crippen LogP contribution in [0.2, 0.25) is 0 Å². The fourth-order valence-corrected chi connectivity index (χ4v) is 5.81. The van der Waals surface area contributed by atoms with Crippen LogP contribution in [0.4, 0.5) is 15.8 Å². The number of nitrogens with zero attached hydrogens (tertiary/aromatic N) is 1. The van der Waals surface area contributed by atoms with E-state index in [1.807, 2.05) is 30.3 Å². The summed E-state index contributed by atoms with van der Waals surface area (Å²) < 4.78 is 55.2. The van der Waals surface area contributed by atoms with Crippen molar-refractivity contribution in [2.45, 2.75) is 24.7 Å². The van der Waals surface area contributed by atoms with Gasteiger partial charge in [-0.1, -0.05) is 42.0 Å². The SMILES string of the molecule is COc1cc(NC2=C(/NS(=O)(=O)c3cccc(NC(=O)c4cc(C)ccc4F)c3)CC/C=c3/cccc/c3=N/2)cc(OC)c1. The molecule has 0 aliphatic carbocycles. The molecular formula is C33H31FN4O5S. The van der Waals surface area contributed by atoms with E-state index in [0.29, 0.717) is 52.5 Å². The molecule has 0 saturated carbocycles. The highest BCUT2D eigenvalue weighted by Crippen LogP contribution is 2.28. The van der Waals surface area contributed by atoms with E-state index in [0.717, 1.165) is 5.22 Å². The number of anilines is 2. The largest absolute Gasteiger partial charge is 0.497 e. The number of hydrogen-bond acceptors (Lipinski definition) is 7. The van der Waals surface area contributed by atoms with Crippen LogP contribution in [-0.4, -0.2) is 28.5 Å². The van der Waals surface area contributed by atoms with E-state index in [1.54, 1.807) is 31.2 Å². The molecule has 1 heterocycles. The van der Waals surface area contributed by atoms with Crippen LogP contribution in [0, 0.1) is 12.7 Å². The van der Waals surface area contributed by atoms with Crippen LogP contribution in [0.15, 0.2) is 106 Å². The number of sulfonamides is 1. The predicted molar refractivity (Wildman–Crippen MR) is 167 cm³/mol. The maximum absolute atomic E-state index is 14.3. The van der Waals surface area contributed by atoms with Crippen molar-refractivity contribution in [2.24, 2.45) is 4.99 Å². The monoisotopic (exact) mass is 614 g/mol. The summed E-state index contributed by atoms with van der Waals surface area (Å²) in [6.07, 6.45) is 2.86. The summed E-state index contributed by atoms with van der Waals surface area (Å²) in [7, 11) is -1.07. The Hall–Kier alpha value is -5.16. The highest BCUT2D eigenvalue weighted by molar-refractivity contribution is 7.89. The third kappa shape index (κ3) is 7.07. The Bertz CT molecular complexity index is 1970. The number of methoxy groups -OCH3 is 2. The molecule has 0 bridgehead atoms. The topological polar surface area (TPSA) is 118 Å². The Morgan fingerprint density at radius 1 is 0.886 bits per heavy atom. The number of amides is 1. The molecule has 5 rings (SSSR count). The number of benzene rings is 4. The van der Waals surface area contributed by atoms with Crippen LogP contribution in [0.25, 0.3) is 6.08 Å². The lowest BCUT2D eigenvalue weighted by atomic mass is 10.1. The summed E-state index contributed by atoms with van der Waals surface area (Å²) in [6, 6.07) is 22.7. The first-order chi connectivity index (χ1) is 21.1. The summed E-state index contributed by atoms with van der Waals surface area (Å²) >= 11 is 0. The van der Waals surface area contributed by atoms with Gasteiger partial charge in [-0.2, -0.15) is 0 Å². The van der Waals surface area contributed by atoms with E-state index in [1.165, 1.54) is 50.6 Å². The van der Waals surface area contributed by atoms with E-state index >= 15 is 0 Å². The summed E-state index contributed by atoms with van der Waals surface area (Å²) in [5, 5.41) is 7.42. The molecule has 1 aliphatic rings. The molecule has 0 fully saturated rings. The van der Waals surface area contributed by atoms with E-state index in [2.05, 4.69) is 15.4 Å². The van der Waals surface area contributed by atoms with E-state index in [-0.39, 0.29) is 16.1 Å². The molecule has 1 amide bonds. The van der Waals surface area contributed by atoms with Crippen molar-refractivity contribution in [3.8, 4) is 11.5 Å². The molecule has 4 aromatic rings. The maximum atomic E-state index is 14.3. The summed E-state index contributed by atoms with van der Waals surface area (Å²) in [5.74, 6) is 0.0103. The van der Waals surface area contributed by atoms with Crippen LogP contribution in [0.3, 0.4) is 0 Å². The number of fused-ring (bicyclic) bond motifs is 1. The lowest BCUT2D eigenvalue weighted by molar-refractivity contribution is 0.102. The van der Waals surface area contributed by atoms with Crippen molar-refractivity contribution in [1.82, 2.24) is 4.72 Å². The van der Waals surface area contributed by atoms with Crippen LogP contribution in [-0.2, 0) is 10.0 Å². The summed E-state index contributed by atoms with van der Waals surface area (Å²) in [4.78, 5) is 17.5. The number of allylic oxidation sites excluding steroid dienone is 1. The second kappa shape index (κ2) is 13.0. The Balaban J connectivity index is 1.51. The van der Waals surface area contributed by atoms with Crippen LogP contribution < -0.4 is 35.4 Å². The second-order valence-electron chi connectivity index (χ2n) is 10.0. The molecule has 1 aliphatic heterocycles. The van der Waals surface area contributed by atoms with Gasteiger partial charge in [-0.15, -0.1) is 0 Å². The van der Waals surface area contributed by atoms with Gasteiger partial charge in [0.1, 0.15) is 17.3 Å². The van der Waals surface area contributed by atoms with Gasteiger partial charge >= 0.3 is 0 Å². The molecule has 0 radical (unpaired) electrons. The number of carbonyl (C=O) groups excluding carboxylic acids is 1. The average molecular weight is 615 g/mol. The maximum Gasteiger partial charge on any atom is 0.261 e. The van der Waals surface area contributed by atoms with E-state index in [4.69, 9.17) is 14.5 Å². The van der Waals surface area contributed by atoms with Gasteiger partial charge in [0.05, 0.1) is 35.7 Å². The molecule has 226 valence electrons. The smallest absolute Gasteiger partial charge is 0.261 e. The van der Waals surface area contributed by atoms with Crippen LogP contribution in [0.5, 0.6) is 11.5 Å². The zero-order valence-corrected chi connectivity index (χ0v) is 25.2. The van der Waals surface area contributed by atoms with Crippen molar-refractivity contribution in [3.05, 3.63) is 124 Å². The molecule has 0 spiro atoms. The van der Waals surface area contributed by atoms with Crippen LogP contribution in [0.1, 0.15) is 28.8 Å². The Kier molecular flexibility index (Phi) is 8.96. The minimum atomic E-state index is -4.15. The molecule has 0 atom stereocenters. The van der Waals surface area contributed by atoms with Gasteiger partial charge in [0.2, 0.25) is 0 Å². The quantitative estimate of drug-likeness (QED) is 0.248. The van der Waals surface area contributed by atoms with Gasteiger partial charge < -0.3 is 20.1 Å². The number of nitrogens with one attached hydrogen (secondary N) is 3. The standard InChI is InChI=1S/C33H31FN4O5S/c1-21-14-15-29(34)28(16-21)33(39)36-23-10-7-11-27(19-23)44(40,41)38-31-13-6-9-22-8-4-5-12-30(22)37-32(31)35-24-17-25(42-2)20-26(18-24)43-3/h4-5,7-12,14-20,35,38H,6,13H2,1-3H3,(H,36,39)/b22-9-,32-31+,37-30-. The van der Waals surface area contributed by atoms with Crippen molar-refractivity contribution in [2.75, 3.05) is 24.9 Å². The normalized spacial score (nSPS) is 16.1. The first-order valence-corrected chi connectivity index (χ1v) is 15.2. The van der Waals surface area contributed by atoms with Gasteiger partial charge in [-0.3, -0.25) is 9.52 Å². The van der Waals surface area contributed by atoms with Crippen molar-refractivity contribution >= 4 is 33.4 Å². The molecule has 0 saturated heterocycles. The fourth-order valence-electron chi connectivity index (χ4n) is 4.63. The lowest BCUT2D eigenvalue weighted by Crippen LogP contribution is -2.30. The highest BCUT2D eigenvalue weighted by atomic mass is 32.2. The second-order valence-corrected chi connectivity index (χ2v) is 11.7. The number of rotatable bonds is 9. The summed E-state index contributed by atoms with van der Waals surface area (Å²) in [5.41, 5.74) is 1.67. The van der Waals surface area contributed by atoms with Gasteiger partial charge in [0, 0.05) is 29.6 Å². The number of hydrogen-bond donors (Lipinski definition) is 3. The number of para-hydroxylation sites is 1. The van der Waals surface area contributed by atoms with Gasteiger partial charge in [-0.05, 0) is 61.4 Å². The van der Waals surface area contributed by atoms with Crippen molar-refractivity contribution in [3.63, 3.8) is 0 Å². The number of aryl methyl sites for hydroxylation is 1.